The van der Waals surface area contributed by atoms with E-state index in [-0.39, 0.29) is 17.6 Å². The molecule has 24 heavy (non-hydrogen) atoms. The van der Waals surface area contributed by atoms with Crippen LogP contribution in [-0.4, -0.2) is 34.5 Å². The van der Waals surface area contributed by atoms with Crippen LogP contribution in [-0.2, 0) is 16.0 Å². The molecule has 0 spiro atoms. The number of esters is 1. The summed E-state index contributed by atoms with van der Waals surface area (Å²) < 4.78 is 4.92. The van der Waals surface area contributed by atoms with E-state index in [0.29, 0.717) is 0 Å². The minimum absolute atomic E-state index is 0.0343. The van der Waals surface area contributed by atoms with Crippen molar-refractivity contribution in [2.75, 3.05) is 11.5 Å². The first-order valence-corrected chi connectivity index (χ1v) is 7.36. The van der Waals surface area contributed by atoms with Gasteiger partial charge in [0.25, 0.3) is 11.5 Å². The van der Waals surface area contributed by atoms with E-state index in [1.807, 2.05) is 36.2 Å². The molecule has 124 valence electrons. The first-order valence-electron chi connectivity index (χ1n) is 7.36. The van der Waals surface area contributed by atoms with Crippen molar-refractivity contribution in [3.05, 3.63) is 62.4 Å². The lowest BCUT2D eigenvalue weighted by Gasteiger charge is -2.22. The predicted octanol–water partition coefficient (Wildman–Crippen LogP) is 0.198. The van der Waals surface area contributed by atoms with Crippen molar-refractivity contribution in [2.45, 2.75) is 19.4 Å². The van der Waals surface area contributed by atoms with Gasteiger partial charge in [0.2, 0.25) is 0 Å². The highest BCUT2D eigenvalue weighted by atomic mass is 16.5. The topological polar surface area (TPSA) is 112 Å². The van der Waals surface area contributed by atoms with Gasteiger partial charge >= 0.3 is 11.7 Å². The van der Waals surface area contributed by atoms with Crippen molar-refractivity contribution in [1.82, 2.24) is 9.97 Å². The van der Waals surface area contributed by atoms with Crippen molar-refractivity contribution in [3.63, 3.8) is 0 Å². The fourth-order valence-electron chi connectivity index (χ4n) is 2.80. The fourth-order valence-corrected chi connectivity index (χ4v) is 2.80. The molecule has 2 aromatic rings. The van der Waals surface area contributed by atoms with Gasteiger partial charge in [-0.1, -0.05) is 18.2 Å². The van der Waals surface area contributed by atoms with Crippen molar-refractivity contribution < 1.29 is 14.3 Å². The van der Waals surface area contributed by atoms with Crippen LogP contribution in [0.1, 0.15) is 23.0 Å². The monoisotopic (exact) mass is 329 g/mol. The number of nitrogens with one attached hydrogen (secondary N) is 2. The summed E-state index contributed by atoms with van der Waals surface area (Å²) in [5.41, 5.74) is 0.0209. The smallest absolute Gasteiger partial charge is 0.355 e. The summed E-state index contributed by atoms with van der Waals surface area (Å²) >= 11 is 0. The maximum atomic E-state index is 12.4. The molecule has 3 rings (SSSR count). The molecule has 1 aliphatic heterocycles. The largest absolute Gasteiger partial charge is 0.451 e. The zero-order valence-corrected chi connectivity index (χ0v) is 12.9. The molecular formula is C16H15N3O5. The molecule has 1 amide bonds. The number of ether oxygens (including phenoxy) is 1. The normalized spacial score (nSPS) is 15.9. The number of nitrogens with zero attached hydrogens (tertiary/aromatic N) is 1. The van der Waals surface area contributed by atoms with E-state index in [4.69, 9.17) is 4.74 Å². The van der Waals surface area contributed by atoms with Gasteiger partial charge in [-0.15, -0.1) is 0 Å². The predicted molar refractivity (Wildman–Crippen MR) is 85.1 cm³/mol. The molecule has 0 fully saturated rings. The first-order chi connectivity index (χ1) is 11.5. The number of fused-ring (bicyclic) bond motifs is 1. The van der Waals surface area contributed by atoms with E-state index < -0.39 is 23.8 Å². The van der Waals surface area contributed by atoms with Gasteiger partial charge in [-0.25, -0.2) is 9.59 Å². The summed E-state index contributed by atoms with van der Waals surface area (Å²) in [6.07, 6.45) is 0.733. The van der Waals surface area contributed by atoms with Crippen LogP contribution in [0.15, 0.2) is 39.9 Å². The lowest BCUT2D eigenvalue weighted by atomic mass is 10.1. The second-order valence-electron chi connectivity index (χ2n) is 5.52. The summed E-state index contributed by atoms with van der Waals surface area (Å²) in [5.74, 6) is -1.31. The summed E-state index contributed by atoms with van der Waals surface area (Å²) in [7, 11) is 0. The number of amides is 1. The molecule has 1 aromatic carbocycles. The standard InChI is InChI=1S/C16H15N3O5/c1-9-6-10-4-2-3-5-12(10)19(9)14(21)8-24-15(22)11-7-13(20)18-16(23)17-11/h2-5,7,9H,6,8H2,1H3,(H2,17,18,20,23)/t9-/m0/s1. The van der Waals surface area contributed by atoms with Gasteiger partial charge < -0.3 is 14.6 Å². The van der Waals surface area contributed by atoms with Crippen molar-refractivity contribution in [3.8, 4) is 0 Å². The van der Waals surface area contributed by atoms with E-state index in [1.165, 1.54) is 0 Å². The maximum Gasteiger partial charge on any atom is 0.355 e. The van der Waals surface area contributed by atoms with E-state index >= 15 is 0 Å². The van der Waals surface area contributed by atoms with Crippen LogP contribution in [0, 0.1) is 0 Å². The van der Waals surface area contributed by atoms with Crippen LogP contribution < -0.4 is 16.1 Å². The van der Waals surface area contributed by atoms with Gasteiger partial charge in [0.15, 0.2) is 6.61 Å². The Bertz CT molecular complexity index is 886. The van der Waals surface area contributed by atoms with Crippen LogP contribution in [0.3, 0.4) is 0 Å². The molecule has 2 heterocycles. The molecule has 2 N–H and O–H groups in total. The third-order valence-electron chi connectivity index (χ3n) is 3.78. The van der Waals surface area contributed by atoms with Crippen LogP contribution in [0.25, 0.3) is 0 Å². The van der Waals surface area contributed by atoms with Crippen molar-refractivity contribution in [1.29, 1.82) is 0 Å². The third kappa shape index (κ3) is 2.98. The van der Waals surface area contributed by atoms with Gasteiger partial charge in [0.1, 0.15) is 5.69 Å². The number of hydrogen-bond acceptors (Lipinski definition) is 5. The number of anilines is 1. The molecule has 0 bridgehead atoms. The van der Waals surface area contributed by atoms with Gasteiger partial charge in [0, 0.05) is 17.8 Å². The van der Waals surface area contributed by atoms with Gasteiger partial charge in [-0.3, -0.25) is 14.6 Å². The number of rotatable bonds is 3. The molecular weight excluding hydrogens is 314 g/mol. The summed E-state index contributed by atoms with van der Waals surface area (Å²) in [6.45, 7) is 1.43. The van der Waals surface area contributed by atoms with Crippen LogP contribution >= 0.6 is 0 Å². The first kappa shape index (κ1) is 15.7. The lowest BCUT2D eigenvalue weighted by Crippen LogP contribution is -2.39. The molecule has 8 heteroatoms. The summed E-state index contributed by atoms with van der Waals surface area (Å²) in [6, 6.07) is 8.40. The lowest BCUT2D eigenvalue weighted by molar-refractivity contribution is -0.122. The zero-order chi connectivity index (χ0) is 17.3. The Morgan fingerprint density at radius 3 is 2.75 bits per heavy atom. The number of carbonyl (C=O) groups is 2. The molecule has 8 nitrogen and oxygen atoms in total. The Kier molecular flexibility index (Phi) is 4.03. The number of H-pyrrole nitrogens is 2. The Morgan fingerprint density at radius 2 is 2.00 bits per heavy atom. The van der Waals surface area contributed by atoms with Crippen molar-refractivity contribution in [2.24, 2.45) is 0 Å². The SMILES string of the molecule is C[C@H]1Cc2ccccc2N1C(=O)COC(=O)c1cc(=O)[nH]c(=O)[nH]1. The van der Waals surface area contributed by atoms with Crippen LogP contribution in [0.4, 0.5) is 5.69 Å². The molecule has 1 atom stereocenters. The number of para-hydroxylation sites is 1. The number of benzene rings is 1. The Balaban J connectivity index is 1.71. The Hall–Kier alpha value is -3.16. The molecule has 0 aliphatic carbocycles. The number of aromatic amines is 2. The molecule has 1 aliphatic rings. The third-order valence-corrected chi connectivity index (χ3v) is 3.78. The van der Waals surface area contributed by atoms with E-state index in [9.17, 15) is 19.2 Å². The quantitative estimate of drug-likeness (QED) is 0.781. The average Bonchev–Trinajstić information content (AvgIpc) is 2.87. The van der Waals surface area contributed by atoms with Crippen molar-refractivity contribution >= 4 is 17.6 Å². The van der Waals surface area contributed by atoms with Gasteiger partial charge in [0.05, 0.1) is 0 Å². The molecule has 0 radical (unpaired) electrons. The Morgan fingerprint density at radius 1 is 1.25 bits per heavy atom. The fraction of sp³-hybridized carbons (Fsp3) is 0.250. The highest BCUT2D eigenvalue weighted by Crippen LogP contribution is 2.31. The number of carbonyl (C=O) groups excluding carboxylic acids is 2. The molecule has 1 aromatic heterocycles. The van der Waals surface area contributed by atoms with E-state index in [2.05, 4.69) is 4.98 Å². The van der Waals surface area contributed by atoms with E-state index in [1.54, 1.807) is 4.90 Å². The van der Waals surface area contributed by atoms with E-state index in [0.717, 1.165) is 23.7 Å². The maximum absolute atomic E-state index is 12.4. The summed E-state index contributed by atoms with van der Waals surface area (Å²) in [5, 5.41) is 0. The zero-order valence-electron chi connectivity index (χ0n) is 12.9. The van der Waals surface area contributed by atoms with Gasteiger partial charge in [-0.05, 0) is 25.0 Å². The summed E-state index contributed by atoms with van der Waals surface area (Å²) in [4.78, 5) is 52.3. The second kappa shape index (κ2) is 6.15. The minimum atomic E-state index is -0.938. The molecule has 0 unspecified atom stereocenters. The molecule has 0 saturated heterocycles. The minimum Gasteiger partial charge on any atom is -0.451 e. The number of hydrogen-bond donors (Lipinski definition) is 2. The molecule has 0 saturated carbocycles. The highest BCUT2D eigenvalue weighted by Gasteiger charge is 2.31. The highest BCUT2D eigenvalue weighted by molar-refractivity contribution is 5.98. The van der Waals surface area contributed by atoms with Crippen LogP contribution in [0.5, 0.6) is 0 Å². The second-order valence-corrected chi connectivity index (χ2v) is 5.52. The number of aromatic nitrogens is 2. The Labute approximate surface area is 136 Å². The van der Waals surface area contributed by atoms with Crippen LogP contribution in [0.2, 0.25) is 0 Å². The average molecular weight is 329 g/mol. The van der Waals surface area contributed by atoms with Gasteiger partial charge in [-0.2, -0.15) is 0 Å².